The fourth-order valence-electron chi connectivity index (χ4n) is 24.6. The van der Waals surface area contributed by atoms with Crippen LogP contribution in [0, 0.1) is 0 Å². The monoisotopic (exact) mass is 1840 g/mol. The lowest BCUT2D eigenvalue weighted by Gasteiger charge is -2.34. The van der Waals surface area contributed by atoms with Crippen LogP contribution in [0.15, 0.2) is 522 Å². The van der Waals surface area contributed by atoms with E-state index in [1.165, 1.54) is 250 Å². The minimum atomic E-state index is -0.475. The summed E-state index contributed by atoms with van der Waals surface area (Å²) in [4.78, 5) is 0. The van der Waals surface area contributed by atoms with E-state index in [0.717, 1.165) is 0 Å². The van der Waals surface area contributed by atoms with Gasteiger partial charge in [-0.15, -0.1) is 34.0 Å². The second kappa shape index (κ2) is 33.7. The molecule has 4 aliphatic carbocycles. The van der Waals surface area contributed by atoms with E-state index in [2.05, 4.69) is 536 Å². The Balaban J connectivity index is 0.000000107. The van der Waals surface area contributed by atoms with Crippen molar-refractivity contribution in [1.82, 2.24) is 0 Å². The summed E-state index contributed by atoms with van der Waals surface area (Å²) in [6.45, 7) is 4.73. The number of hydrogen-bond donors (Lipinski definition) is 0. The summed E-state index contributed by atoms with van der Waals surface area (Å²) in [5, 5.41) is 8.00. The molecule has 4 aliphatic rings. The molecule has 0 fully saturated rings. The van der Waals surface area contributed by atoms with Gasteiger partial charge in [0.1, 0.15) is 0 Å². The molecule has 22 aromatic carbocycles. The second-order valence-corrected chi connectivity index (χ2v) is 41.7. The fourth-order valence-corrected chi connectivity index (χ4v) is 28.3. The van der Waals surface area contributed by atoms with Gasteiger partial charge >= 0.3 is 0 Å². The Morgan fingerprint density at radius 2 is 0.355 bits per heavy atom. The van der Waals surface area contributed by atoms with Crippen LogP contribution in [0.1, 0.15) is 91.7 Å². The molecule has 0 amide bonds. The van der Waals surface area contributed by atoms with E-state index >= 15 is 0 Å². The zero-order valence-corrected chi connectivity index (χ0v) is 80.3. The summed E-state index contributed by atoms with van der Waals surface area (Å²) in [7, 11) is 0. The van der Waals surface area contributed by atoms with E-state index in [0.29, 0.717) is 0 Å². The lowest BCUT2D eigenvalue weighted by Crippen LogP contribution is -2.28. The first kappa shape index (κ1) is 83.8. The minimum absolute atomic E-state index is 0.0496. The molecular formula is C138H92S3. The molecule has 29 rings (SSSR count). The Hall–Kier alpha value is -16.5. The van der Waals surface area contributed by atoms with E-state index in [1.807, 2.05) is 34.0 Å². The van der Waals surface area contributed by atoms with Crippen molar-refractivity contribution in [1.29, 1.82) is 0 Å². The van der Waals surface area contributed by atoms with Gasteiger partial charge in [0.05, 0.1) is 16.2 Å². The van der Waals surface area contributed by atoms with Crippen molar-refractivity contribution in [2.45, 2.75) is 35.5 Å². The largest absolute Gasteiger partial charge is 0.135 e. The molecule has 0 aliphatic heterocycles. The van der Waals surface area contributed by atoms with Gasteiger partial charge < -0.3 is 0 Å². The maximum Gasteiger partial charge on any atom is 0.0713 e. The Morgan fingerprint density at radius 3 is 0.702 bits per heavy atom. The Bertz CT molecular complexity index is 9110. The van der Waals surface area contributed by atoms with Crippen LogP contribution in [-0.4, -0.2) is 0 Å². The van der Waals surface area contributed by atoms with Crippen LogP contribution in [0.3, 0.4) is 0 Å². The van der Waals surface area contributed by atoms with Crippen molar-refractivity contribution in [2.24, 2.45) is 0 Å². The van der Waals surface area contributed by atoms with Gasteiger partial charge in [0.15, 0.2) is 0 Å². The zero-order chi connectivity index (χ0) is 93.5. The minimum Gasteiger partial charge on any atom is -0.135 e. The molecule has 0 nitrogen and oxygen atoms in total. The van der Waals surface area contributed by atoms with Gasteiger partial charge in [-0.25, -0.2) is 0 Å². The van der Waals surface area contributed by atoms with Crippen LogP contribution < -0.4 is 0 Å². The summed E-state index contributed by atoms with van der Waals surface area (Å²) in [6.07, 6.45) is 0. The molecule has 0 bridgehead atoms. The van der Waals surface area contributed by atoms with Crippen molar-refractivity contribution in [3.8, 4) is 111 Å². The van der Waals surface area contributed by atoms with Crippen LogP contribution in [0.25, 0.3) is 172 Å². The quantitative estimate of drug-likeness (QED) is 0.114. The molecule has 0 saturated heterocycles. The van der Waals surface area contributed by atoms with Crippen molar-refractivity contribution >= 4 is 94.5 Å². The summed E-state index contributed by atoms with van der Waals surface area (Å²) < 4.78 is 8.06. The average Bonchev–Trinajstić information content (AvgIpc) is 1.55. The highest BCUT2D eigenvalue weighted by molar-refractivity contribution is 7.27. The van der Waals surface area contributed by atoms with E-state index in [9.17, 15) is 0 Å². The van der Waals surface area contributed by atoms with Crippen molar-refractivity contribution < 1.29 is 0 Å². The number of rotatable bonds is 12. The van der Waals surface area contributed by atoms with Crippen molar-refractivity contribution in [3.63, 3.8) is 0 Å². The molecule has 0 spiro atoms. The summed E-state index contributed by atoms with van der Waals surface area (Å²) in [5.41, 5.74) is 42.8. The second-order valence-electron chi connectivity index (χ2n) is 38.5. The van der Waals surface area contributed by atoms with Crippen LogP contribution in [-0.2, 0) is 21.7 Å². The van der Waals surface area contributed by atoms with Gasteiger partial charge in [0, 0.05) is 65.9 Å². The third-order valence-electron chi connectivity index (χ3n) is 31.0. The summed E-state index contributed by atoms with van der Waals surface area (Å²) in [6, 6.07) is 194. The summed E-state index contributed by atoms with van der Waals surface area (Å²) in [5.74, 6) is 0. The molecular weight excluding hydrogens is 1750 g/mol. The van der Waals surface area contributed by atoms with E-state index in [1.54, 1.807) is 0 Å². The van der Waals surface area contributed by atoms with Crippen LogP contribution >= 0.6 is 34.0 Å². The highest BCUT2D eigenvalue weighted by Gasteiger charge is 2.50. The highest BCUT2D eigenvalue weighted by atomic mass is 32.1. The smallest absolute Gasteiger partial charge is 0.0713 e. The average molecular weight is 1850 g/mol. The lowest BCUT2D eigenvalue weighted by atomic mass is 9.67. The normalized spacial score (nSPS) is 13.7. The SMILES string of the molecule is CC1(C)c2ccccc2-c2ccc(-c3cccc(C4(c5ccc(-c6cccc7c6sc6ccccc67)cc5)c5ccccc5-c5ccccc54)c3)cc21.c1ccc(-c2ccc(C3(c4ccc(-c5cccc6c5sc5ccccc56)cc4)c4ccccc4-c4ccccc43)cc2)cc1.c1ccc(-c2cccc(C3(c4ccc(-c5cccc6c5sc5ccccc56)cc4)c4ccccc4-c4ccccc43)c2)cc1. The van der Waals surface area contributed by atoms with E-state index in [4.69, 9.17) is 0 Å². The van der Waals surface area contributed by atoms with Crippen LogP contribution in [0.5, 0.6) is 0 Å². The van der Waals surface area contributed by atoms with Gasteiger partial charge in [0.2, 0.25) is 0 Å². The standard InChI is InChI=1S/C52H36S.2C43H28S/c1-51(2)45-21-7-3-15-39(45)42-30-27-35(32-48(42)51)34-13-11-14-37(31-34)52(46-22-8-4-16-40(46)41-17-5-9-23-47(41)52)36-28-25-33(26-29-36)38-19-12-20-44-43-18-6-10-24-49(43)53-50(38)44;1-2-12-29(13-3-1)31-14-10-15-33(28-31)43(39-21-7-4-16-35(39)36-17-5-8-22-40(36)43)32-26-24-30(25-27-32)34-19-11-20-38-37-18-6-9-23-41(37)44-42(34)38;1-2-11-29(12-3-1)30-21-25-32(26-22-30)43(39-18-7-4-13-35(39)36-14-5-8-19-40(36)43)33-27-23-31(24-28-33)34-16-10-17-38-37-15-6-9-20-41(37)44-42(34)38/h3-32H,1-2H3;2*1-28H. The molecule has 0 radical (unpaired) electrons. The first-order valence-corrected chi connectivity index (χ1v) is 51.4. The number of hydrogen-bond acceptors (Lipinski definition) is 3. The van der Waals surface area contributed by atoms with E-state index in [-0.39, 0.29) is 5.41 Å². The molecule has 3 heteroatoms. The number of benzene rings is 22. The van der Waals surface area contributed by atoms with Gasteiger partial charge in [-0.2, -0.15) is 0 Å². The Labute approximate surface area is 834 Å². The first-order chi connectivity index (χ1) is 69.7. The molecule has 0 N–H and O–H groups in total. The molecule has 0 saturated carbocycles. The van der Waals surface area contributed by atoms with Crippen molar-refractivity contribution in [2.75, 3.05) is 0 Å². The highest BCUT2D eigenvalue weighted by Crippen LogP contribution is 2.62. The number of thiophene rings is 3. The Kier molecular flexibility index (Phi) is 20.0. The Morgan fingerprint density at radius 1 is 0.135 bits per heavy atom. The van der Waals surface area contributed by atoms with Crippen molar-refractivity contribution in [3.05, 3.63) is 600 Å². The maximum absolute atomic E-state index is 2.46. The lowest BCUT2D eigenvalue weighted by molar-refractivity contribution is 0.660. The molecule has 141 heavy (non-hydrogen) atoms. The molecule has 0 atom stereocenters. The van der Waals surface area contributed by atoms with E-state index < -0.39 is 16.2 Å². The van der Waals surface area contributed by atoms with Gasteiger partial charge in [-0.05, 0) is 226 Å². The predicted octanol–water partition coefficient (Wildman–Crippen LogP) is 37.6. The molecule has 3 aromatic heterocycles. The molecule has 662 valence electrons. The maximum atomic E-state index is 2.46. The topological polar surface area (TPSA) is 0 Å². The molecule has 0 unspecified atom stereocenters. The molecule has 3 heterocycles. The third kappa shape index (κ3) is 13.1. The number of fused-ring (bicyclic) bond motifs is 21. The first-order valence-electron chi connectivity index (χ1n) is 49.0. The van der Waals surface area contributed by atoms with Crippen LogP contribution in [0.2, 0.25) is 0 Å². The molecule has 25 aromatic rings. The predicted molar refractivity (Wildman–Crippen MR) is 600 cm³/mol. The van der Waals surface area contributed by atoms with Crippen LogP contribution in [0.4, 0.5) is 0 Å². The van der Waals surface area contributed by atoms with Gasteiger partial charge in [-0.1, -0.05) is 499 Å². The fraction of sp³-hybridized carbons (Fsp3) is 0.0435. The van der Waals surface area contributed by atoms with Gasteiger partial charge in [-0.3, -0.25) is 0 Å². The zero-order valence-electron chi connectivity index (χ0n) is 77.9. The summed E-state index contributed by atoms with van der Waals surface area (Å²) >= 11 is 5.67. The van der Waals surface area contributed by atoms with Gasteiger partial charge in [0.25, 0.3) is 0 Å². The third-order valence-corrected chi connectivity index (χ3v) is 34.7.